The largest absolute Gasteiger partial charge is 0.433 e. The van der Waals surface area contributed by atoms with Gasteiger partial charge in [0.15, 0.2) is 0 Å². The van der Waals surface area contributed by atoms with E-state index >= 15 is 0 Å². The van der Waals surface area contributed by atoms with E-state index in [0.717, 1.165) is 6.07 Å². The summed E-state index contributed by atoms with van der Waals surface area (Å²) in [6, 6.07) is 5.46. The normalized spacial score (nSPS) is 11.5. The van der Waals surface area contributed by atoms with Crippen LogP contribution in [0.5, 0.6) is 0 Å². The second-order valence-electron chi connectivity index (χ2n) is 4.47. The van der Waals surface area contributed by atoms with Crippen molar-refractivity contribution in [3.8, 4) is 0 Å². The van der Waals surface area contributed by atoms with Gasteiger partial charge in [0, 0.05) is 0 Å². The number of carbonyl (C=O) groups is 1. The van der Waals surface area contributed by atoms with Gasteiger partial charge >= 0.3 is 6.18 Å². The number of aromatic nitrogens is 2. The van der Waals surface area contributed by atoms with E-state index < -0.39 is 24.3 Å². The lowest BCUT2D eigenvalue weighted by Gasteiger charge is -2.12. The maximum Gasteiger partial charge on any atom is 0.433 e. The maximum atomic E-state index is 12.8. The molecule has 4 nitrogen and oxygen atoms in total. The lowest BCUT2D eigenvalue weighted by atomic mass is 10.3. The van der Waals surface area contributed by atoms with Gasteiger partial charge in [-0.05, 0) is 25.1 Å². The third-order valence-electron chi connectivity index (χ3n) is 2.71. The lowest BCUT2D eigenvalue weighted by molar-refractivity contribution is -0.144. The van der Waals surface area contributed by atoms with Gasteiger partial charge in [-0.25, -0.2) is 0 Å². The molecule has 0 saturated carbocycles. The first kappa shape index (κ1) is 16.6. The summed E-state index contributed by atoms with van der Waals surface area (Å²) in [5, 5.41) is 6.43. The van der Waals surface area contributed by atoms with Crippen molar-refractivity contribution in [2.24, 2.45) is 0 Å². The Morgan fingerprint density at radius 3 is 2.45 bits per heavy atom. The second kappa shape index (κ2) is 6.18. The van der Waals surface area contributed by atoms with Crippen molar-refractivity contribution in [3.05, 3.63) is 45.7 Å². The predicted octanol–water partition coefficient (Wildman–Crippen LogP) is 4.16. The van der Waals surface area contributed by atoms with Crippen LogP contribution in [-0.4, -0.2) is 15.7 Å². The van der Waals surface area contributed by atoms with Gasteiger partial charge in [-0.15, -0.1) is 0 Å². The van der Waals surface area contributed by atoms with Crippen LogP contribution in [0, 0.1) is 6.92 Å². The molecule has 0 bridgehead atoms. The van der Waals surface area contributed by atoms with Crippen LogP contribution in [-0.2, 0) is 17.5 Å². The number of aryl methyl sites for hydroxylation is 1. The molecule has 0 fully saturated rings. The van der Waals surface area contributed by atoms with Gasteiger partial charge in [-0.2, -0.15) is 18.3 Å². The van der Waals surface area contributed by atoms with Gasteiger partial charge in [-0.3, -0.25) is 9.48 Å². The number of hydrogen-bond donors (Lipinski definition) is 1. The number of benzene rings is 1. The average Bonchev–Trinajstić information content (AvgIpc) is 2.75. The fourth-order valence-corrected chi connectivity index (χ4v) is 2.32. The van der Waals surface area contributed by atoms with Crippen molar-refractivity contribution >= 4 is 34.8 Å². The summed E-state index contributed by atoms with van der Waals surface area (Å²) in [5.74, 6) is -0.719. The number of nitrogens with one attached hydrogen (secondary N) is 1. The van der Waals surface area contributed by atoms with Gasteiger partial charge < -0.3 is 5.32 Å². The fourth-order valence-electron chi connectivity index (χ4n) is 1.83. The molecule has 1 aromatic heterocycles. The van der Waals surface area contributed by atoms with Crippen molar-refractivity contribution in [2.45, 2.75) is 19.6 Å². The van der Waals surface area contributed by atoms with E-state index in [9.17, 15) is 18.0 Å². The molecule has 0 radical (unpaired) electrons. The van der Waals surface area contributed by atoms with E-state index in [-0.39, 0.29) is 21.4 Å². The highest BCUT2D eigenvalue weighted by molar-refractivity contribution is 6.39. The Morgan fingerprint density at radius 2 is 1.91 bits per heavy atom. The molecule has 0 spiro atoms. The number of rotatable bonds is 3. The zero-order valence-corrected chi connectivity index (χ0v) is 12.7. The molecule has 0 atom stereocenters. The Morgan fingerprint density at radius 1 is 1.32 bits per heavy atom. The molecular weight excluding hydrogens is 342 g/mol. The number of alkyl halides is 3. The Labute approximate surface area is 133 Å². The highest BCUT2D eigenvalue weighted by Crippen LogP contribution is 2.31. The van der Waals surface area contributed by atoms with Crippen LogP contribution in [0.4, 0.5) is 18.9 Å². The highest BCUT2D eigenvalue weighted by atomic mass is 35.5. The van der Waals surface area contributed by atoms with Crippen molar-refractivity contribution in [3.63, 3.8) is 0 Å². The van der Waals surface area contributed by atoms with Crippen LogP contribution in [0.25, 0.3) is 0 Å². The number of amides is 1. The minimum atomic E-state index is -4.59. The summed E-state index contributed by atoms with van der Waals surface area (Å²) in [4.78, 5) is 11.9. The summed E-state index contributed by atoms with van der Waals surface area (Å²) >= 11 is 11.8. The number of nitrogens with zero attached hydrogens (tertiary/aromatic N) is 2. The summed E-state index contributed by atoms with van der Waals surface area (Å²) < 4.78 is 39.1. The zero-order chi connectivity index (χ0) is 16.5. The third kappa shape index (κ3) is 3.72. The second-order valence-corrected chi connectivity index (χ2v) is 5.29. The van der Waals surface area contributed by atoms with Crippen molar-refractivity contribution in [2.75, 3.05) is 5.32 Å². The standard InChI is InChI=1S/C13H10Cl2F3N3O/c1-7-5-10(13(16,17)18)21(20-7)6-11(22)19-12-8(14)3-2-4-9(12)15/h2-5H,6H2,1H3,(H,19,22). The highest BCUT2D eigenvalue weighted by Gasteiger charge is 2.35. The lowest BCUT2D eigenvalue weighted by Crippen LogP contribution is -2.24. The average molecular weight is 352 g/mol. The first-order chi connectivity index (χ1) is 10.2. The Kier molecular flexibility index (Phi) is 4.67. The van der Waals surface area contributed by atoms with Crippen LogP contribution in [0.15, 0.2) is 24.3 Å². The molecule has 1 amide bonds. The number of hydrogen-bond acceptors (Lipinski definition) is 2. The molecule has 1 heterocycles. The fraction of sp³-hybridized carbons (Fsp3) is 0.231. The molecule has 1 N–H and O–H groups in total. The molecule has 0 saturated heterocycles. The van der Waals surface area contributed by atoms with E-state index in [1.165, 1.54) is 19.1 Å². The molecule has 9 heteroatoms. The van der Waals surface area contributed by atoms with Gasteiger partial charge in [0.1, 0.15) is 12.2 Å². The monoisotopic (exact) mass is 351 g/mol. The Hall–Kier alpha value is -1.73. The third-order valence-corrected chi connectivity index (χ3v) is 3.34. The minimum Gasteiger partial charge on any atom is -0.322 e. The minimum absolute atomic E-state index is 0.147. The molecule has 1 aromatic carbocycles. The van der Waals surface area contributed by atoms with Crippen molar-refractivity contribution in [1.29, 1.82) is 0 Å². The quantitative estimate of drug-likeness (QED) is 0.902. The van der Waals surface area contributed by atoms with E-state index in [1.807, 2.05) is 0 Å². The van der Waals surface area contributed by atoms with E-state index in [2.05, 4.69) is 10.4 Å². The van der Waals surface area contributed by atoms with Crippen LogP contribution >= 0.6 is 23.2 Å². The molecule has 0 aliphatic rings. The molecule has 0 unspecified atom stereocenters. The molecule has 0 aliphatic heterocycles. The van der Waals surface area contributed by atoms with E-state index in [0.29, 0.717) is 4.68 Å². The zero-order valence-electron chi connectivity index (χ0n) is 11.2. The van der Waals surface area contributed by atoms with Crippen LogP contribution < -0.4 is 5.32 Å². The molecule has 2 rings (SSSR count). The smallest absolute Gasteiger partial charge is 0.322 e. The Balaban J connectivity index is 2.20. The topological polar surface area (TPSA) is 46.9 Å². The number of halogens is 5. The first-order valence-electron chi connectivity index (χ1n) is 6.04. The number of carbonyl (C=O) groups excluding carboxylic acids is 1. The molecule has 0 aliphatic carbocycles. The predicted molar refractivity (Wildman–Crippen MR) is 77.1 cm³/mol. The molecule has 118 valence electrons. The van der Waals surface area contributed by atoms with E-state index in [4.69, 9.17) is 23.2 Å². The van der Waals surface area contributed by atoms with Crippen LogP contribution in [0.1, 0.15) is 11.4 Å². The van der Waals surface area contributed by atoms with Crippen LogP contribution in [0.3, 0.4) is 0 Å². The first-order valence-corrected chi connectivity index (χ1v) is 6.79. The van der Waals surface area contributed by atoms with E-state index in [1.54, 1.807) is 6.07 Å². The molecule has 22 heavy (non-hydrogen) atoms. The van der Waals surface area contributed by atoms with Crippen LogP contribution in [0.2, 0.25) is 10.0 Å². The van der Waals surface area contributed by atoms with Crippen molar-refractivity contribution in [1.82, 2.24) is 9.78 Å². The SMILES string of the molecule is Cc1cc(C(F)(F)F)n(CC(=O)Nc2c(Cl)cccc2Cl)n1. The Bertz CT molecular complexity index is 693. The van der Waals surface area contributed by atoms with Gasteiger partial charge in [-0.1, -0.05) is 29.3 Å². The summed E-state index contributed by atoms with van der Waals surface area (Å²) in [6.07, 6.45) is -4.59. The molecule has 2 aromatic rings. The molecular formula is C13H10Cl2F3N3O. The van der Waals surface area contributed by atoms with Crippen molar-refractivity contribution < 1.29 is 18.0 Å². The number of para-hydroxylation sites is 1. The summed E-state index contributed by atoms with van der Waals surface area (Å²) in [7, 11) is 0. The van der Waals surface area contributed by atoms with Gasteiger partial charge in [0.25, 0.3) is 0 Å². The summed E-state index contributed by atoms with van der Waals surface area (Å²) in [6.45, 7) is 0.804. The number of anilines is 1. The maximum absolute atomic E-state index is 12.8. The van der Waals surface area contributed by atoms with Gasteiger partial charge in [0.2, 0.25) is 5.91 Å². The summed E-state index contributed by atoms with van der Waals surface area (Å²) in [5.41, 5.74) is -0.686. The van der Waals surface area contributed by atoms with Gasteiger partial charge in [0.05, 0.1) is 21.4 Å².